The minimum atomic E-state index is -0.991. The molecule has 1 saturated carbocycles. The van der Waals surface area contributed by atoms with Crippen LogP contribution in [0.25, 0.3) is 0 Å². The van der Waals surface area contributed by atoms with Crippen LogP contribution in [0.2, 0.25) is 0 Å². The van der Waals surface area contributed by atoms with Crippen molar-refractivity contribution in [2.75, 3.05) is 13.7 Å². The normalized spacial score (nSPS) is 22.0. The summed E-state index contributed by atoms with van der Waals surface area (Å²) in [6, 6.07) is 11.1. The molecule has 126 valence electrons. The lowest BCUT2D eigenvalue weighted by Crippen LogP contribution is -2.23. The number of hydrogen-bond acceptors (Lipinski definition) is 4. The van der Waals surface area contributed by atoms with E-state index in [2.05, 4.69) is 4.98 Å². The average molecular weight is 327 g/mol. The molecule has 1 aliphatic carbocycles. The minimum absolute atomic E-state index is 0.189. The molecule has 0 bridgehead atoms. The lowest BCUT2D eigenvalue weighted by Gasteiger charge is -2.17. The Kier molecular flexibility index (Phi) is 4.18. The molecule has 0 aliphatic heterocycles. The zero-order chi connectivity index (χ0) is 17.3. The number of methoxy groups -OCH3 is 1. The van der Waals surface area contributed by atoms with Crippen LogP contribution in [0.5, 0.6) is 11.6 Å². The van der Waals surface area contributed by atoms with E-state index in [1.165, 1.54) is 0 Å². The van der Waals surface area contributed by atoms with Gasteiger partial charge in [-0.25, -0.2) is 4.98 Å². The Morgan fingerprint density at radius 2 is 2.17 bits per heavy atom. The van der Waals surface area contributed by atoms with Gasteiger partial charge in [0.25, 0.3) is 0 Å². The molecule has 24 heavy (non-hydrogen) atoms. The van der Waals surface area contributed by atoms with E-state index in [0.717, 1.165) is 11.3 Å². The molecule has 0 radical (unpaired) electrons. The van der Waals surface area contributed by atoms with Crippen molar-refractivity contribution in [1.82, 2.24) is 4.98 Å². The van der Waals surface area contributed by atoms with Gasteiger partial charge in [-0.3, -0.25) is 4.79 Å². The van der Waals surface area contributed by atoms with Gasteiger partial charge in [0.2, 0.25) is 5.88 Å². The van der Waals surface area contributed by atoms with Gasteiger partial charge >= 0.3 is 5.97 Å². The van der Waals surface area contributed by atoms with Gasteiger partial charge in [-0.2, -0.15) is 0 Å². The molecule has 1 aromatic heterocycles. The van der Waals surface area contributed by atoms with E-state index < -0.39 is 11.4 Å². The summed E-state index contributed by atoms with van der Waals surface area (Å²) in [4.78, 5) is 16.6. The minimum Gasteiger partial charge on any atom is -0.496 e. The number of benzene rings is 1. The zero-order valence-corrected chi connectivity index (χ0v) is 14.1. The van der Waals surface area contributed by atoms with Crippen LogP contribution in [0.3, 0.4) is 0 Å². The summed E-state index contributed by atoms with van der Waals surface area (Å²) in [6.45, 7) is 4.37. The van der Waals surface area contributed by atoms with E-state index >= 15 is 0 Å². The number of carboxylic acid groups (broad SMARTS) is 1. The molecule has 0 saturated heterocycles. The van der Waals surface area contributed by atoms with Crippen LogP contribution in [-0.2, 0) is 10.2 Å². The van der Waals surface area contributed by atoms with Crippen molar-refractivity contribution in [1.29, 1.82) is 0 Å². The summed E-state index contributed by atoms with van der Waals surface area (Å²) in [7, 11) is 1.56. The fraction of sp³-hybridized carbons (Fsp3) is 0.368. The van der Waals surface area contributed by atoms with E-state index in [0.29, 0.717) is 30.2 Å². The second-order valence-corrected chi connectivity index (χ2v) is 6.07. The fourth-order valence-electron chi connectivity index (χ4n) is 3.29. The fourth-order valence-corrected chi connectivity index (χ4v) is 3.29. The molecule has 1 aromatic carbocycles. The van der Waals surface area contributed by atoms with Crippen molar-refractivity contribution in [2.24, 2.45) is 0 Å². The van der Waals surface area contributed by atoms with Crippen LogP contribution in [0.1, 0.15) is 36.1 Å². The number of hydrogen-bond donors (Lipinski definition) is 1. The van der Waals surface area contributed by atoms with Gasteiger partial charge in [-0.1, -0.05) is 23.8 Å². The van der Waals surface area contributed by atoms with E-state index in [1.54, 1.807) is 13.2 Å². The summed E-state index contributed by atoms with van der Waals surface area (Å²) < 4.78 is 10.9. The lowest BCUT2D eigenvalue weighted by molar-refractivity contribution is -0.140. The first-order valence-electron chi connectivity index (χ1n) is 8.01. The topological polar surface area (TPSA) is 68.7 Å². The molecule has 1 heterocycles. The number of nitrogens with zero attached hydrogens (tertiary/aromatic N) is 1. The monoisotopic (exact) mass is 327 g/mol. The first kappa shape index (κ1) is 16.3. The lowest BCUT2D eigenvalue weighted by atomic mass is 9.90. The molecule has 3 rings (SSSR count). The van der Waals surface area contributed by atoms with Gasteiger partial charge in [0.1, 0.15) is 11.2 Å². The molecule has 0 amide bonds. The molecule has 2 aromatic rings. The maximum Gasteiger partial charge on any atom is 0.314 e. The highest BCUT2D eigenvalue weighted by atomic mass is 16.5. The summed E-state index contributed by atoms with van der Waals surface area (Å²) in [5.41, 5.74) is 1.47. The third kappa shape index (κ3) is 2.60. The van der Waals surface area contributed by atoms with Crippen LogP contribution >= 0.6 is 0 Å². The van der Waals surface area contributed by atoms with Crippen molar-refractivity contribution in [3.05, 3.63) is 53.2 Å². The molecule has 1 N–H and O–H groups in total. The van der Waals surface area contributed by atoms with Crippen LogP contribution in [0.15, 0.2) is 36.4 Å². The second-order valence-electron chi connectivity index (χ2n) is 6.07. The third-order valence-electron chi connectivity index (χ3n) is 4.57. The molecule has 0 spiro atoms. The second kappa shape index (κ2) is 6.15. The van der Waals surface area contributed by atoms with E-state index in [9.17, 15) is 9.90 Å². The first-order valence-corrected chi connectivity index (χ1v) is 8.01. The van der Waals surface area contributed by atoms with E-state index in [-0.39, 0.29) is 5.92 Å². The van der Waals surface area contributed by atoms with E-state index in [4.69, 9.17) is 9.47 Å². The van der Waals surface area contributed by atoms with Gasteiger partial charge in [0.05, 0.1) is 13.7 Å². The van der Waals surface area contributed by atoms with Crippen molar-refractivity contribution < 1.29 is 19.4 Å². The summed E-state index contributed by atoms with van der Waals surface area (Å²) >= 11 is 0. The number of aliphatic carboxylic acids is 1. The maximum atomic E-state index is 12.1. The SMILES string of the molecule is CCOc1cccc([C@H]2C[C@@]2(C(=O)O)c2cc(C)ccc2OC)n1. The number of carboxylic acids is 1. The highest BCUT2D eigenvalue weighted by molar-refractivity contribution is 5.88. The Hall–Kier alpha value is -2.56. The molecular formula is C19H21NO4. The predicted molar refractivity (Wildman–Crippen MR) is 89.8 cm³/mol. The number of carbonyl (C=O) groups is 1. The van der Waals surface area contributed by atoms with E-state index in [1.807, 2.05) is 44.2 Å². The largest absolute Gasteiger partial charge is 0.496 e. The van der Waals surface area contributed by atoms with Crippen LogP contribution < -0.4 is 9.47 Å². The van der Waals surface area contributed by atoms with Crippen molar-refractivity contribution in [2.45, 2.75) is 31.6 Å². The smallest absolute Gasteiger partial charge is 0.314 e. The number of aryl methyl sites for hydroxylation is 1. The third-order valence-corrected chi connectivity index (χ3v) is 4.57. The first-order chi connectivity index (χ1) is 11.5. The van der Waals surface area contributed by atoms with Crippen molar-refractivity contribution >= 4 is 5.97 Å². The van der Waals surface area contributed by atoms with Crippen LogP contribution in [0.4, 0.5) is 0 Å². The summed E-state index contributed by atoms with van der Waals surface area (Å²) in [6.07, 6.45) is 0.505. The van der Waals surface area contributed by atoms with Crippen molar-refractivity contribution in [3.8, 4) is 11.6 Å². The quantitative estimate of drug-likeness (QED) is 0.881. The van der Waals surface area contributed by atoms with Gasteiger partial charge in [0, 0.05) is 23.2 Å². The predicted octanol–water partition coefficient (Wildman–Crippen LogP) is 3.31. The number of pyridine rings is 1. The Morgan fingerprint density at radius 1 is 1.38 bits per heavy atom. The summed E-state index contributed by atoms with van der Waals surface area (Å²) in [5, 5.41) is 9.96. The zero-order valence-electron chi connectivity index (χ0n) is 14.1. The molecule has 5 heteroatoms. The van der Waals surface area contributed by atoms with Crippen molar-refractivity contribution in [3.63, 3.8) is 0 Å². The Balaban J connectivity index is 2.03. The standard InChI is InChI=1S/C19H21NO4/c1-4-24-17-7-5-6-15(20-17)14-11-19(14,18(21)22)13-10-12(2)8-9-16(13)23-3/h5-10,14H,4,11H2,1-3H3,(H,21,22)/t14-,19-/m1/s1. The molecule has 1 aliphatic rings. The van der Waals surface area contributed by atoms with Gasteiger partial charge < -0.3 is 14.6 Å². The highest BCUT2D eigenvalue weighted by Gasteiger charge is 2.64. The van der Waals surface area contributed by atoms with Crippen LogP contribution in [-0.4, -0.2) is 29.8 Å². The molecule has 2 atom stereocenters. The Bertz CT molecular complexity index is 774. The Labute approximate surface area is 141 Å². The van der Waals surface area contributed by atoms with Gasteiger partial charge in [0.15, 0.2) is 0 Å². The highest BCUT2D eigenvalue weighted by Crippen LogP contribution is 2.62. The average Bonchev–Trinajstić information content (AvgIpc) is 3.32. The summed E-state index contributed by atoms with van der Waals surface area (Å²) in [5.74, 6) is 0.0926. The molecule has 0 unspecified atom stereocenters. The molecule has 1 fully saturated rings. The van der Waals surface area contributed by atoms with Gasteiger partial charge in [-0.15, -0.1) is 0 Å². The number of rotatable bonds is 6. The molecular weight excluding hydrogens is 306 g/mol. The number of ether oxygens (including phenoxy) is 2. The maximum absolute atomic E-state index is 12.1. The number of aromatic nitrogens is 1. The molecule has 5 nitrogen and oxygen atoms in total. The van der Waals surface area contributed by atoms with Crippen LogP contribution in [0, 0.1) is 6.92 Å². The van der Waals surface area contributed by atoms with Gasteiger partial charge in [-0.05, 0) is 32.4 Å². The Morgan fingerprint density at radius 3 is 2.83 bits per heavy atom.